The van der Waals surface area contributed by atoms with Crippen molar-refractivity contribution in [3.8, 4) is 0 Å². The standard InChI is InChI=1S/C21H30O8/c1-10(12-4-6-21(3)7-5-14(23)11(2)13(21)8-12)19(27)29-20-18(26)17(25)16(24)15(9-22)28-20/h12,15-18,20,22,24-26H,1,4-9H2,2-3H3. The zero-order valence-corrected chi connectivity index (χ0v) is 16.8. The number of carbonyl (C=O) groups excluding carboxylic acids is 2. The number of carbonyl (C=O) groups is 2. The van der Waals surface area contributed by atoms with E-state index in [0.29, 0.717) is 12.8 Å². The van der Waals surface area contributed by atoms with E-state index in [2.05, 4.69) is 13.5 Å². The van der Waals surface area contributed by atoms with E-state index in [1.54, 1.807) is 0 Å². The van der Waals surface area contributed by atoms with Crippen LogP contribution in [0.25, 0.3) is 0 Å². The summed E-state index contributed by atoms with van der Waals surface area (Å²) in [4.78, 5) is 24.8. The lowest BCUT2D eigenvalue weighted by Gasteiger charge is -2.44. The Balaban J connectivity index is 1.69. The average molecular weight is 410 g/mol. The molecule has 0 amide bonds. The van der Waals surface area contributed by atoms with E-state index < -0.39 is 43.3 Å². The number of aliphatic hydroxyl groups excluding tert-OH is 4. The Morgan fingerprint density at radius 3 is 2.59 bits per heavy atom. The molecule has 8 heteroatoms. The van der Waals surface area contributed by atoms with Crippen LogP contribution in [0.15, 0.2) is 23.3 Å². The maximum atomic E-state index is 12.6. The third-order valence-corrected chi connectivity index (χ3v) is 6.83. The van der Waals surface area contributed by atoms with Crippen LogP contribution in [-0.4, -0.2) is 69.5 Å². The molecule has 0 radical (unpaired) electrons. The summed E-state index contributed by atoms with van der Waals surface area (Å²) in [5.41, 5.74) is 2.03. The first-order valence-electron chi connectivity index (χ1n) is 10.0. The molecule has 29 heavy (non-hydrogen) atoms. The Labute approximate surface area is 169 Å². The number of ketones is 1. The molecular weight excluding hydrogens is 380 g/mol. The second-order valence-electron chi connectivity index (χ2n) is 8.65. The molecule has 0 spiro atoms. The van der Waals surface area contributed by atoms with E-state index in [1.165, 1.54) is 0 Å². The predicted molar refractivity (Wildman–Crippen MR) is 101 cm³/mol. The van der Waals surface area contributed by atoms with E-state index >= 15 is 0 Å². The molecule has 2 aliphatic carbocycles. The SMILES string of the molecule is C=C(C(=O)OC1OC(CO)C(O)C(O)C1O)C1CCC2(C)CCC(=O)C(C)=C2C1. The summed E-state index contributed by atoms with van der Waals surface area (Å²) in [6, 6.07) is 0. The Morgan fingerprint density at radius 2 is 1.93 bits per heavy atom. The quantitative estimate of drug-likeness (QED) is 0.386. The molecule has 162 valence electrons. The normalized spacial score (nSPS) is 40.4. The molecule has 4 N–H and O–H groups in total. The van der Waals surface area contributed by atoms with Gasteiger partial charge in [0, 0.05) is 12.0 Å². The molecular formula is C21H30O8. The van der Waals surface area contributed by atoms with Crippen LogP contribution in [-0.2, 0) is 19.1 Å². The first-order chi connectivity index (χ1) is 13.6. The van der Waals surface area contributed by atoms with E-state index in [1.807, 2.05) is 6.92 Å². The van der Waals surface area contributed by atoms with Crippen molar-refractivity contribution in [1.82, 2.24) is 0 Å². The number of esters is 1. The zero-order chi connectivity index (χ0) is 21.5. The van der Waals surface area contributed by atoms with Crippen LogP contribution < -0.4 is 0 Å². The highest BCUT2D eigenvalue weighted by atomic mass is 16.7. The molecule has 7 atom stereocenters. The molecule has 0 aromatic rings. The van der Waals surface area contributed by atoms with Crippen LogP contribution in [0.4, 0.5) is 0 Å². The molecule has 2 fully saturated rings. The largest absolute Gasteiger partial charge is 0.429 e. The second kappa shape index (κ2) is 8.28. The van der Waals surface area contributed by atoms with E-state index in [4.69, 9.17) is 9.47 Å². The van der Waals surface area contributed by atoms with Crippen LogP contribution >= 0.6 is 0 Å². The van der Waals surface area contributed by atoms with Gasteiger partial charge in [-0.25, -0.2) is 4.79 Å². The number of hydrogen-bond acceptors (Lipinski definition) is 8. The Morgan fingerprint density at radius 1 is 1.24 bits per heavy atom. The third kappa shape index (κ3) is 4.04. The van der Waals surface area contributed by atoms with Gasteiger partial charge < -0.3 is 29.9 Å². The van der Waals surface area contributed by atoms with Crippen molar-refractivity contribution in [2.45, 2.75) is 76.7 Å². The molecule has 8 nitrogen and oxygen atoms in total. The van der Waals surface area contributed by atoms with Crippen molar-refractivity contribution in [3.05, 3.63) is 23.3 Å². The smallest absolute Gasteiger partial charge is 0.336 e. The minimum Gasteiger partial charge on any atom is -0.429 e. The predicted octanol–water partition coefficient (Wildman–Crippen LogP) is 0.371. The van der Waals surface area contributed by atoms with Crippen molar-refractivity contribution in [2.24, 2.45) is 11.3 Å². The second-order valence-corrected chi connectivity index (χ2v) is 8.65. The van der Waals surface area contributed by atoms with Gasteiger partial charge in [0.15, 0.2) is 5.78 Å². The van der Waals surface area contributed by atoms with Gasteiger partial charge in [0.2, 0.25) is 6.29 Å². The van der Waals surface area contributed by atoms with Crippen LogP contribution in [0.1, 0.15) is 46.0 Å². The van der Waals surface area contributed by atoms with E-state index in [0.717, 1.165) is 30.4 Å². The van der Waals surface area contributed by atoms with Gasteiger partial charge in [-0.1, -0.05) is 19.1 Å². The third-order valence-electron chi connectivity index (χ3n) is 6.83. The Kier molecular flexibility index (Phi) is 6.31. The topological polar surface area (TPSA) is 134 Å². The summed E-state index contributed by atoms with van der Waals surface area (Å²) in [5.74, 6) is -0.827. The summed E-state index contributed by atoms with van der Waals surface area (Å²) in [5, 5.41) is 38.9. The zero-order valence-electron chi connectivity index (χ0n) is 16.8. The Hall–Kier alpha value is -1.58. The van der Waals surface area contributed by atoms with Crippen molar-refractivity contribution < 1.29 is 39.5 Å². The fourth-order valence-electron chi connectivity index (χ4n) is 4.68. The maximum Gasteiger partial charge on any atom is 0.336 e. The molecule has 1 saturated heterocycles. The van der Waals surface area contributed by atoms with Crippen LogP contribution in [0.2, 0.25) is 0 Å². The molecule has 1 heterocycles. The number of allylic oxidation sites excluding steroid dienone is 2. The number of ether oxygens (including phenoxy) is 2. The van der Waals surface area contributed by atoms with Crippen molar-refractivity contribution in [1.29, 1.82) is 0 Å². The summed E-state index contributed by atoms with van der Waals surface area (Å²) < 4.78 is 10.4. The summed E-state index contributed by atoms with van der Waals surface area (Å²) >= 11 is 0. The summed E-state index contributed by atoms with van der Waals surface area (Å²) in [6.45, 7) is 7.25. The number of hydrogen-bond donors (Lipinski definition) is 4. The van der Waals surface area contributed by atoms with Crippen molar-refractivity contribution in [2.75, 3.05) is 6.61 Å². The van der Waals surface area contributed by atoms with Gasteiger partial charge in [-0.05, 0) is 49.5 Å². The average Bonchev–Trinajstić information content (AvgIpc) is 2.70. The lowest BCUT2D eigenvalue weighted by molar-refractivity contribution is -0.291. The lowest BCUT2D eigenvalue weighted by Crippen LogP contribution is -2.59. The molecule has 7 unspecified atom stereocenters. The maximum absolute atomic E-state index is 12.6. The van der Waals surface area contributed by atoms with Crippen LogP contribution in [0.3, 0.4) is 0 Å². The first kappa shape index (κ1) is 22.1. The summed E-state index contributed by atoms with van der Waals surface area (Å²) in [7, 11) is 0. The number of rotatable bonds is 4. The van der Waals surface area contributed by atoms with Gasteiger partial charge in [0.25, 0.3) is 0 Å². The fraction of sp³-hybridized carbons (Fsp3) is 0.714. The van der Waals surface area contributed by atoms with E-state index in [-0.39, 0.29) is 22.7 Å². The highest BCUT2D eigenvalue weighted by Gasteiger charge is 2.46. The van der Waals surface area contributed by atoms with Crippen molar-refractivity contribution in [3.63, 3.8) is 0 Å². The van der Waals surface area contributed by atoms with E-state index in [9.17, 15) is 30.0 Å². The molecule has 0 bridgehead atoms. The van der Waals surface area contributed by atoms with Gasteiger partial charge in [0.1, 0.15) is 24.4 Å². The highest BCUT2D eigenvalue weighted by Crippen LogP contribution is 2.51. The molecule has 3 aliphatic rings. The van der Waals surface area contributed by atoms with Gasteiger partial charge in [-0.3, -0.25) is 4.79 Å². The minimum absolute atomic E-state index is 0.0318. The minimum atomic E-state index is -1.65. The van der Waals surface area contributed by atoms with Crippen LogP contribution in [0, 0.1) is 11.3 Å². The number of Topliss-reactive ketones (excluding diaryl/α,β-unsaturated/α-hetero) is 1. The number of fused-ring (bicyclic) bond motifs is 1. The number of aliphatic hydroxyl groups is 4. The molecule has 0 aromatic carbocycles. The fourth-order valence-corrected chi connectivity index (χ4v) is 4.68. The monoisotopic (exact) mass is 410 g/mol. The molecule has 1 saturated carbocycles. The van der Waals surface area contributed by atoms with Gasteiger partial charge in [-0.2, -0.15) is 0 Å². The Bertz CT molecular complexity index is 726. The highest BCUT2D eigenvalue weighted by molar-refractivity contribution is 5.97. The first-order valence-corrected chi connectivity index (χ1v) is 10.0. The van der Waals surface area contributed by atoms with Gasteiger partial charge in [0.05, 0.1) is 6.61 Å². The molecule has 1 aliphatic heterocycles. The molecule has 0 aromatic heterocycles. The van der Waals surface area contributed by atoms with Gasteiger partial charge >= 0.3 is 5.97 Å². The lowest BCUT2D eigenvalue weighted by atomic mass is 9.60. The van der Waals surface area contributed by atoms with Crippen molar-refractivity contribution >= 4 is 11.8 Å². The molecule has 3 rings (SSSR count). The van der Waals surface area contributed by atoms with Crippen LogP contribution in [0.5, 0.6) is 0 Å². The summed E-state index contributed by atoms with van der Waals surface area (Å²) in [6.07, 6.45) is -4.00. The van der Waals surface area contributed by atoms with Gasteiger partial charge in [-0.15, -0.1) is 0 Å².